The number of nitrogens with two attached hydrogens (primary N) is 1. The van der Waals surface area contributed by atoms with Crippen LogP contribution in [0.4, 0.5) is 0 Å². The van der Waals surface area contributed by atoms with Crippen molar-refractivity contribution < 1.29 is 8.42 Å². The molecule has 0 aromatic carbocycles. The summed E-state index contributed by atoms with van der Waals surface area (Å²) in [6.45, 7) is 1.62. The Morgan fingerprint density at radius 2 is 2.31 bits per heavy atom. The van der Waals surface area contributed by atoms with E-state index in [9.17, 15) is 8.42 Å². The lowest BCUT2D eigenvalue weighted by Gasteiger charge is -2.13. The second-order valence-corrected chi connectivity index (χ2v) is 6.15. The van der Waals surface area contributed by atoms with Gasteiger partial charge in [0.15, 0.2) is 9.84 Å². The third-order valence-corrected chi connectivity index (χ3v) is 4.86. The van der Waals surface area contributed by atoms with Crippen LogP contribution in [0.3, 0.4) is 0 Å². The number of sulfone groups is 1. The maximum Gasteiger partial charge on any atom is 0.153 e. The molecule has 0 unspecified atom stereocenters. The molecule has 1 fully saturated rings. The van der Waals surface area contributed by atoms with Crippen LogP contribution < -0.4 is 5.73 Å². The van der Waals surface area contributed by atoms with Crippen LogP contribution in [0.15, 0.2) is 0 Å². The summed E-state index contributed by atoms with van der Waals surface area (Å²) in [7, 11) is -3.01. The highest BCUT2D eigenvalue weighted by Crippen LogP contribution is 2.31. The fourth-order valence-electron chi connectivity index (χ4n) is 1.67. The van der Waals surface area contributed by atoms with Crippen molar-refractivity contribution in [2.24, 2.45) is 5.73 Å². The molecule has 1 aliphatic rings. The Morgan fingerprint density at radius 1 is 1.69 bits per heavy atom. The third-order valence-electron chi connectivity index (χ3n) is 2.64. The first-order chi connectivity index (χ1) is 5.93. The molecule has 0 aromatic rings. The molecule has 5 heteroatoms. The van der Waals surface area contributed by atoms with E-state index in [0.717, 1.165) is 0 Å². The Bertz CT molecular complexity index is 331. The molecule has 0 bridgehead atoms. The summed E-state index contributed by atoms with van der Waals surface area (Å²) in [5, 5.41) is 8.31. The highest BCUT2D eigenvalue weighted by molar-refractivity contribution is 7.92. The Labute approximate surface area is 78.6 Å². The first kappa shape index (κ1) is 10.5. The van der Waals surface area contributed by atoms with Crippen LogP contribution in [0, 0.1) is 11.3 Å². The molecule has 0 aliphatic heterocycles. The summed E-state index contributed by atoms with van der Waals surface area (Å²) in [6.07, 6.45) is 1.31. The smallest absolute Gasteiger partial charge is 0.153 e. The van der Waals surface area contributed by atoms with Crippen molar-refractivity contribution in [2.75, 3.05) is 5.75 Å². The summed E-state index contributed by atoms with van der Waals surface area (Å²) >= 11 is 0. The van der Waals surface area contributed by atoms with Gasteiger partial charge in [-0.25, -0.2) is 8.42 Å². The number of hydrogen-bond acceptors (Lipinski definition) is 4. The largest absolute Gasteiger partial charge is 0.313 e. The first-order valence-corrected chi connectivity index (χ1v) is 6.07. The molecule has 0 radical (unpaired) electrons. The maximum absolute atomic E-state index is 11.4. The standard InChI is InChI=1S/C8H14N2O2S/c1-2-13(11,12)7-3-4-8(10,5-7)6-9/h7H,2-5,10H2,1H3/t7-,8+/m1/s1. The van der Waals surface area contributed by atoms with Crippen molar-refractivity contribution >= 4 is 9.84 Å². The number of rotatable bonds is 2. The lowest BCUT2D eigenvalue weighted by atomic mass is 10.0. The fraction of sp³-hybridized carbons (Fsp3) is 0.875. The average Bonchev–Trinajstić information content (AvgIpc) is 2.50. The van der Waals surface area contributed by atoms with Crippen molar-refractivity contribution in [1.82, 2.24) is 0 Å². The van der Waals surface area contributed by atoms with Gasteiger partial charge >= 0.3 is 0 Å². The van der Waals surface area contributed by atoms with E-state index in [1.807, 2.05) is 6.07 Å². The van der Waals surface area contributed by atoms with Gasteiger partial charge in [0, 0.05) is 5.75 Å². The number of hydrogen-bond donors (Lipinski definition) is 1. The van der Waals surface area contributed by atoms with Crippen molar-refractivity contribution in [3.05, 3.63) is 0 Å². The predicted octanol–water partition coefficient (Wildman–Crippen LogP) is 0.195. The van der Waals surface area contributed by atoms with Crippen LogP contribution in [-0.4, -0.2) is 25.0 Å². The van der Waals surface area contributed by atoms with E-state index >= 15 is 0 Å². The number of nitrogens with zero attached hydrogens (tertiary/aromatic N) is 1. The zero-order chi connectivity index (χ0) is 10.1. The average molecular weight is 202 g/mol. The zero-order valence-corrected chi connectivity index (χ0v) is 8.47. The molecular formula is C8H14N2O2S. The molecule has 74 valence electrons. The van der Waals surface area contributed by atoms with E-state index < -0.39 is 20.6 Å². The molecule has 1 saturated carbocycles. The van der Waals surface area contributed by atoms with E-state index in [1.54, 1.807) is 6.92 Å². The fourth-order valence-corrected chi connectivity index (χ4v) is 3.17. The van der Waals surface area contributed by atoms with E-state index in [4.69, 9.17) is 11.0 Å². The van der Waals surface area contributed by atoms with Crippen LogP contribution in [0.5, 0.6) is 0 Å². The van der Waals surface area contributed by atoms with Crippen LogP contribution in [-0.2, 0) is 9.84 Å². The Balaban J connectivity index is 2.78. The van der Waals surface area contributed by atoms with Gasteiger partial charge in [0.25, 0.3) is 0 Å². The van der Waals surface area contributed by atoms with Crippen LogP contribution in [0.1, 0.15) is 26.2 Å². The molecule has 1 aliphatic carbocycles. The van der Waals surface area contributed by atoms with Gasteiger partial charge in [-0.1, -0.05) is 6.92 Å². The molecule has 1 rings (SSSR count). The molecule has 0 aromatic heterocycles. The second kappa shape index (κ2) is 3.28. The van der Waals surface area contributed by atoms with Gasteiger partial charge in [0.1, 0.15) is 5.54 Å². The molecular weight excluding hydrogens is 188 g/mol. The molecule has 4 nitrogen and oxygen atoms in total. The van der Waals surface area contributed by atoms with Gasteiger partial charge in [-0.3, -0.25) is 0 Å². The zero-order valence-electron chi connectivity index (χ0n) is 7.66. The quantitative estimate of drug-likeness (QED) is 0.693. The third kappa shape index (κ3) is 2.01. The maximum atomic E-state index is 11.4. The summed E-state index contributed by atoms with van der Waals surface area (Å²) in [4.78, 5) is 0. The van der Waals surface area contributed by atoms with Crippen LogP contribution >= 0.6 is 0 Å². The summed E-state index contributed by atoms with van der Waals surface area (Å²) in [5.74, 6) is 0.138. The van der Waals surface area contributed by atoms with Crippen molar-refractivity contribution in [2.45, 2.75) is 37.0 Å². The number of nitriles is 1. The molecule has 2 atom stereocenters. The van der Waals surface area contributed by atoms with Gasteiger partial charge in [-0.2, -0.15) is 5.26 Å². The SMILES string of the molecule is CCS(=O)(=O)[C@@H]1CC[C@@](N)(C#N)C1. The van der Waals surface area contributed by atoms with Crippen LogP contribution in [0.2, 0.25) is 0 Å². The van der Waals surface area contributed by atoms with Crippen molar-refractivity contribution in [3.8, 4) is 6.07 Å². The molecule has 0 heterocycles. The van der Waals surface area contributed by atoms with Gasteiger partial charge in [-0.15, -0.1) is 0 Å². The molecule has 13 heavy (non-hydrogen) atoms. The Hall–Kier alpha value is -0.600. The van der Waals surface area contributed by atoms with E-state index in [2.05, 4.69) is 0 Å². The van der Waals surface area contributed by atoms with E-state index in [-0.39, 0.29) is 5.75 Å². The summed E-state index contributed by atoms with van der Waals surface area (Å²) in [5.41, 5.74) is 4.76. The first-order valence-electron chi connectivity index (χ1n) is 4.35. The van der Waals surface area contributed by atoms with Crippen LogP contribution in [0.25, 0.3) is 0 Å². The van der Waals surface area contributed by atoms with Gasteiger partial charge in [0.05, 0.1) is 11.3 Å². The lowest BCUT2D eigenvalue weighted by Crippen LogP contribution is -2.36. The Morgan fingerprint density at radius 3 is 2.69 bits per heavy atom. The molecule has 0 amide bonds. The van der Waals surface area contributed by atoms with Gasteiger partial charge in [-0.05, 0) is 19.3 Å². The minimum absolute atomic E-state index is 0.138. The minimum Gasteiger partial charge on any atom is -0.313 e. The predicted molar refractivity (Wildman–Crippen MR) is 49.6 cm³/mol. The molecule has 0 spiro atoms. The second-order valence-electron chi connectivity index (χ2n) is 3.58. The van der Waals surface area contributed by atoms with Gasteiger partial charge in [0.2, 0.25) is 0 Å². The van der Waals surface area contributed by atoms with E-state index in [1.165, 1.54) is 0 Å². The van der Waals surface area contributed by atoms with Crippen molar-refractivity contribution in [1.29, 1.82) is 5.26 Å². The minimum atomic E-state index is -3.01. The topological polar surface area (TPSA) is 83.9 Å². The highest BCUT2D eigenvalue weighted by Gasteiger charge is 2.41. The summed E-state index contributed by atoms with van der Waals surface area (Å²) in [6, 6.07) is 1.98. The molecule has 0 saturated heterocycles. The summed E-state index contributed by atoms with van der Waals surface area (Å²) < 4.78 is 22.9. The van der Waals surface area contributed by atoms with Gasteiger partial charge < -0.3 is 5.73 Å². The van der Waals surface area contributed by atoms with Crippen molar-refractivity contribution in [3.63, 3.8) is 0 Å². The highest BCUT2D eigenvalue weighted by atomic mass is 32.2. The van der Waals surface area contributed by atoms with E-state index in [0.29, 0.717) is 19.3 Å². The lowest BCUT2D eigenvalue weighted by molar-refractivity contribution is 0.553. The Kier molecular flexibility index (Phi) is 2.64. The monoisotopic (exact) mass is 202 g/mol. The normalized spacial score (nSPS) is 34.4. The molecule has 2 N–H and O–H groups in total.